The third kappa shape index (κ3) is 5.21. The number of benzene rings is 2. The second-order valence-corrected chi connectivity index (χ2v) is 7.75. The fraction of sp³-hybridized carbons (Fsp3) is 0.238. The van der Waals surface area contributed by atoms with Crippen LogP contribution < -0.4 is 20.4 Å². The lowest BCUT2D eigenvalue weighted by Crippen LogP contribution is -2.21. The second-order valence-electron chi connectivity index (χ2n) is 6.89. The predicted molar refractivity (Wildman–Crippen MR) is 125 cm³/mol. The molecule has 0 saturated carbocycles. The third-order valence-corrected chi connectivity index (χ3v) is 5.30. The number of nitrogens with one attached hydrogen (secondary N) is 2. The van der Waals surface area contributed by atoms with Crippen LogP contribution in [0, 0.1) is 0 Å². The van der Waals surface area contributed by atoms with Crippen LogP contribution in [-0.2, 0) is 0 Å². The minimum atomic E-state index is 0.0389. The van der Waals surface area contributed by atoms with Gasteiger partial charge in [0.2, 0.25) is 17.8 Å². The van der Waals surface area contributed by atoms with Crippen molar-refractivity contribution in [3.8, 4) is 11.5 Å². The molecule has 1 saturated heterocycles. The Bertz CT molecular complexity index is 1070. The molecular weight excluding hydrogens is 462 g/mol. The van der Waals surface area contributed by atoms with Gasteiger partial charge in [0.15, 0.2) is 11.5 Å². The molecule has 1 aliphatic heterocycles. The van der Waals surface area contributed by atoms with E-state index in [1.807, 2.05) is 30.3 Å². The molecule has 0 unspecified atom stereocenters. The van der Waals surface area contributed by atoms with E-state index in [1.54, 1.807) is 18.3 Å². The molecule has 0 amide bonds. The van der Waals surface area contributed by atoms with Gasteiger partial charge in [-0.3, -0.25) is 0 Å². The first-order valence-electron chi connectivity index (χ1n) is 9.81. The quantitative estimate of drug-likeness (QED) is 0.339. The molecule has 0 spiro atoms. The largest absolute Gasteiger partial charge is 0.503 e. The highest BCUT2D eigenvalue weighted by molar-refractivity contribution is 9.10. The molecule has 3 aromatic rings. The first-order chi connectivity index (χ1) is 15.1. The molecule has 0 aliphatic carbocycles. The Kier molecular flexibility index (Phi) is 6.46. The van der Waals surface area contributed by atoms with Crippen LogP contribution >= 0.6 is 15.9 Å². The average Bonchev–Trinajstić information content (AvgIpc) is 3.32. The molecule has 1 aliphatic rings. The number of aromatic nitrogens is 3. The normalized spacial score (nSPS) is 13.5. The summed E-state index contributed by atoms with van der Waals surface area (Å²) >= 11 is 3.30. The van der Waals surface area contributed by atoms with Crippen molar-refractivity contribution in [2.75, 3.05) is 35.8 Å². The minimum Gasteiger partial charge on any atom is -0.503 e. The van der Waals surface area contributed by atoms with Gasteiger partial charge < -0.3 is 20.1 Å². The van der Waals surface area contributed by atoms with Gasteiger partial charge in [-0.2, -0.15) is 20.1 Å². The molecule has 2 aromatic carbocycles. The van der Waals surface area contributed by atoms with Gasteiger partial charge in [0.1, 0.15) is 0 Å². The van der Waals surface area contributed by atoms with Crippen molar-refractivity contribution in [1.29, 1.82) is 0 Å². The van der Waals surface area contributed by atoms with Gasteiger partial charge in [0, 0.05) is 18.8 Å². The van der Waals surface area contributed by atoms with Crippen LogP contribution in [0.15, 0.2) is 52.0 Å². The van der Waals surface area contributed by atoms with Gasteiger partial charge in [0.25, 0.3) is 0 Å². The average molecular weight is 484 g/mol. The maximum atomic E-state index is 9.94. The highest BCUT2D eigenvalue weighted by atomic mass is 79.9. The van der Waals surface area contributed by atoms with Crippen LogP contribution in [0.1, 0.15) is 18.4 Å². The Hall–Kier alpha value is -3.40. The van der Waals surface area contributed by atoms with Gasteiger partial charge in [0.05, 0.1) is 17.8 Å². The van der Waals surface area contributed by atoms with Gasteiger partial charge in [-0.15, -0.1) is 0 Å². The van der Waals surface area contributed by atoms with Crippen molar-refractivity contribution in [3.05, 3.63) is 52.5 Å². The summed E-state index contributed by atoms with van der Waals surface area (Å²) in [6, 6.07) is 13.1. The number of ether oxygens (including phenoxy) is 1. The summed E-state index contributed by atoms with van der Waals surface area (Å²) in [6.07, 6.45) is 3.83. The molecule has 0 bridgehead atoms. The van der Waals surface area contributed by atoms with Crippen LogP contribution in [0.25, 0.3) is 0 Å². The number of hydrogen-bond donors (Lipinski definition) is 3. The standard InChI is InChI=1S/C21H22BrN7O2/c1-31-17-12-14(11-16(22)18(17)30)13-23-28-20-25-19(24-15-7-3-2-4-8-15)26-21(27-20)29-9-5-6-10-29/h2-4,7-8,11-13,30H,5-6,9-10H2,1H3,(H2,24,25,26,27,28)/b23-13-. The third-order valence-electron chi connectivity index (χ3n) is 4.69. The Morgan fingerprint density at radius 2 is 1.84 bits per heavy atom. The molecule has 0 atom stereocenters. The fourth-order valence-corrected chi connectivity index (χ4v) is 3.63. The lowest BCUT2D eigenvalue weighted by molar-refractivity contribution is 0.372. The summed E-state index contributed by atoms with van der Waals surface area (Å²) in [4.78, 5) is 15.7. The molecule has 2 heterocycles. The van der Waals surface area contributed by atoms with Gasteiger partial charge in [-0.05, 0) is 58.6 Å². The van der Waals surface area contributed by atoms with Gasteiger partial charge in [-0.25, -0.2) is 5.43 Å². The molecule has 160 valence electrons. The van der Waals surface area contributed by atoms with E-state index in [0.717, 1.165) is 37.2 Å². The van der Waals surface area contributed by atoms with Crippen molar-refractivity contribution in [1.82, 2.24) is 15.0 Å². The molecule has 1 aromatic heterocycles. The predicted octanol–water partition coefficient (Wildman–Crippen LogP) is 4.14. The maximum Gasteiger partial charge on any atom is 0.250 e. The van der Waals surface area contributed by atoms with Crippen LogP contribution in [0.5, 0.6) is 11.5 Å². The lowest BCUT2D eigenvalue weighted by atomic mass is 10.2. The van der Waals surface area contributed by atoms with Crippen molar-refractivity contribution >= 4 is 45.7 Å². The zero-order valence-corrected chi connectivity index (χ0v) is 18.5. The molecular formula is C21H22BrN7O2. The number of hydrogen-bond acceptors (Lipinski definition) is 9. The Morgan fingerprint density at radius 1 is 1.10 bits per heavy atom. The zero-order chi connectivity index (χ0) is 21.6. The van der Waals surface area contributed by atoms with Crippen molar-refractivity contribution in [2.45, 2.75) is 12.8 Å². The summed E-state index contributed by atoms with van der Waals surface area (Å²) < 4.78 is 5.68. The van der Waals surface area contributed by atoms with E-state index >= 15 is 0 Å². The smallest absolute Gasteiger partial charge is 0.250 e. The molecule has 0 radical (unpaired) electrons. The van der Waals surface area contributed by atoms with E-state index in [0.29, 0.717) is 28.1 Å². The van der Waals surface area contributed by atoms with Crippen LogP contribution in [0.2, 0.25) is 0 Å². The van der Waals surface area contributed by atoms with Crippen molar-refractivity contribution in [2.24, 2.45) is 5.10 Å². The molecule has 31 heavy (non-hydrogen) atoms. The minimum absolute atomic E-state index is 0.0389. The van der Waals surface area contributed by atoms with Gasteiger partial charge >= 0.3 is 0 Å². The first-order valence-corrected chi connectivity index (χ1v) is 10.6. The summed E-state index contributed by atoms with van der Waals surface area (Å²) in [6.45, 7) is 1.83. The summed E-state index contributed by atoms with van der Waals surface area (Å²) in [5, 5.41) is 17.4. The number of anilines is 4. The number of halogens is 1. The van der Waals surface area contributed by atoms with Gasteiger partial charge in [-0.1, -0.05) is 18.2 Å². The summed E-state index contributed by atoms with van der Waals surface area (Å²) in [7, 11) is 1.49. The van der Waals surface area contributed by atoms with E-state index in [-0.39, 0.29) is 5.75 Å². The molecule has 9 nitrogen and oxygen atoms in total. The lowest BCUT2D eigenvalue weighted by Gasteiger charge is -2.16. The topological polar surface area (TPSA) is 108 Å². The summed E-state index contributed by atoms with van der Waals surface area (Å²) in [5.41, 5.74) is 4.49. The number of rotatable bonds is 7. The Morgan fingerprint density at radius 3 is 2.58 bits per heavy atom. The van der Waals surface area contributed by atoms with Crippen molar-refractivity contribution < 1.29 is 9.84 Å². The van der Waals surface area contributed by atoms with E-state index in [4.69, 9.17) is 4.74 Å². The van der Waals surface area contributed by atoms with Crippen LogP contribution in [0.3, 0.4) is 0 Å². The maximum absolute atomic E-state index is 9.94. The number of aromatic hydroxyl groups is 1. The highest BCUT2D eigenvalue weighted by Gasteiger charge is 2.17. The summed E-state index contributed by atoms with van der Waals surface area (Å²) in [5.74, 6) is 1.77. The molecule has 3 N–H and O–H groups in total. The number of nitrogens with zero attached hydrogens (tertiary/aromatic N) is 5. The molecule has 10 heteroatoms. The Labute approximate surface area is 188 Å². The number of hydrazone groups is 1. The fourth-order valence-electron chi connectivity index (χ4n) is 3.17. The van der Waals surface area contributed by atoms with E-state index in [9.17, 15) is 5.11 Å². The van der Waals surface area contributed by atoms with Crippen molar-refractivity contribution in [3.63, 3.8) is 0 Å². The monoisotopic (exact) mass is 483 g/mol. The van der Waals surface area contributed by atoms with Crippen LogP contribution in [-0.4, -0.2) is 46.5 Å². The SMILES string of the molecule is COc1cc(/C=N\Nc2nc(Nc3ccccc3)nc(N3CCCC3)n2)cc(Br)c1O. The number of para-hydroxylation sites is 1. The van der Waals surface area contributed by atoms with E-state index in [2.05, 4.69) is 51.6 Å². The van der Waals surface area contributed by atoms with E-state index in [1.165, 1.54) is 7.11 Å². The molecule has 4 rings (SSSR count). The first kappa shape index (κ1) is 20.9. The number of methoxy groups -OCH3 is 1. The Balaban J connectivity index is 1.56. The molecule has 1 fully saturated rings. The zero-order valence-electron chi connectivity index (χ0n) is 16.9. The second kappa shape index (κ2) is 9.61. The van der Waals surface area contributed by atoms with E-state index < -0.39 is 0 Å². The number of phenolic OH excluding ortho intramolecular Hbond substituents is 1. The highest BCUT2D eigenvalue weighted by Crippen LogP contribution is 2.34. The van der Waals surface area contributed by atoms with Crippen LogP contribution in [0.4, 0.5) is 23.5 Å². The number of phenols is 1.